The molecule has 2 aromatic carbocycles. The maximum Gasteiger partial charge on any atom is 0.296 e. The molecule has 37 heavy (non-hydrogen) atoms. The molecule has 0 fully saturated rings. The van der Waals surface area contributed by atoms with E-state index in [2.05, 4.69) is 27.3 Å². The van der Waals surface area contributed by atoms with Crippen molar-refractivity contribution in [3.8, 4) is 5.75 Å². The molecule has 1 amide bonds. The molecule has 3 heterocycles. The minimum absolute atomic E-state index is 0.0420. The van der Waals surface area contributed by atoms with E-state index in [0.717, 1.165) is 5.56 Å². The van der Waals surface area contributed by atoms with E-state index in [-0.39, 0.29) is 16.5 Å². The molecule has 4 aromatic rings. The normalized spacial score (nSPS) is 15.6. The van der Waals surface area contributed by atoms with Gasteiger partial charge >= 0.3 is 0 Å². The van der Waals surface area contributed by atoms with Crippen LogP contribution in [0.25, 0.3) is 0 Å². The standard InChI is InChI=1S/C26H22N4O4S3/c1-13-4-6-16(7-5-13)12-35-26-29-28-25(37-26)30-20(17-8-10-18(31)11-9-17)19(22(33)24(30)34)21(32)23-14(2)27-15(3)36-23/h4-11,20,31,33H,12H2,1-3H3. The molecule has 188 valence electrons. The van der Waals surface area contributed by atoms with Crippen molar-refractivity contribution in [2.45, 2.75) is 36.9 Å². The molecule has 2 aromatic heterocycles. The van der Waals surface area contributed by atoms with Gasteiger partial charge in [-0.15, -0.1) is 21.5 Å². The number of phenolic OH excluding ortho intramolecular Hbond substituents is 1. The number of aliphatic hydroxyl groups is 1. The molecule has 11 heteroatoms. The Bertz CT molecular complexity index is 1520. The van der Waals surface area contributed by atoms with Crippen LogP contribution in [0, 0.1) is 20.8 Å². The monoisotopic (exact) mass is 550 g/mol. The van der Waals surface area contributed by atoms with Crippen LogP contribution in [0.2, 0.25) is 0 Å². The molecule has 8 nitrogen and oxygen atoms in total. The second-order valence-corrected chi connectivity index (χ2v) is 11.9. The molecule has 1 aliphatic rings. The molecule has 0 saturated carbocycles. The lowest BCUT2D eigenvalue weighted by atomic mass is 9.95. The number of hydrogen-bond donors (Lipinski definition) is 2. The highest BCUT2D eigenvalue weighted by molar-refractivity contribution is 8.00. The van der Waals surface area contributed by atoms with Crippen molar-refractivity contribution in [3.63, 3.8) is 0 Å². The number of aryl methyl sites for hydroxylation is 3. The number of nitrogens with zero attached hydrogens (tertiary/aromatic N) is 4. The van der Waals surface area contributed by atoms with Gasteiger partial charge in [0.05, 0.1) is 27.2 Å². The Morgan fingerprint density at radius 1 is 1.00 bits per heavy atom. The number of Topliss-reactive ketones (excluding diaryl/α,β-unsaturated/α-hetero) is 1. The summed E-state index contributed by atoms with van der Waals surface area (Å²) in [6.45, 7) is 5.55. The van der Waals surface area contributed by atoms with Crippen LogP contribution >= 0.6 is 34.4 Å². The smallest absolute Gasteiger partial charge is 0.296 e. The van der Waals surface area contributed by atoms with Gasteiger partial charge in [0, 0.05) is 5.75 Å². The summed E-state index contributed by atoms with van der Waals surface area (Å²) >= 11 is 3.92. The Morgan fingerprint density at radius 2 is 1.70 bits per heavy atom. The number of benzene rings is 2. The number of rotatable bonds is 7. The second kappa shape index (κ2) is 10.1. The van der Waals surface area contributed by atoms with Crippen LogP contribution in [0.1, 0.15) is 43.1 Å². The SMILES string of the molecule is Cc1ccc(CSc2nnc(N3C(=O)C(O)=C(C(=O)c4sc(C)nc4C)C3c3ccc(O)cc3)s2)cc1. The first-order valence-corrected chi connectivity index (χ1v) is 13.9. The van der Waals surface area contributed by atoms with E-state index in [0.29, 0.717) is 31.2 Å². The molecule has 0 aliphatic carbocycles. The number of carbonyl (C=O) groups excluding carboxylic acids is 2. The fraction of sp³-hybridized carbons (Fsp3) is 0.192. The van der Waals surface area contributed by atoms with Gasteiger partial charge in [-0.2, -0.15) is 0 Å². The number of hydrogen-bond acceptors (Lipinski definition) is 10. The molecule has 2 N–H and O–H groups in total. The zero-order valence-corrected chi connectivity index (χ0v) is 22.6. The van der Waals surface area contributed by atoms with Crippen molar-refractivity contribution in [3.05, 3.63) is 92.1 Å². The van der Waals surface area contributed by atoms with Crippen LogP contribution in [0.15, 0.2) is 64.2 Å². The van der Waals surface area contributed by atoms with Crippen molar-refractivity contribution >= 4 is 51.3 Å². The highest BCUT2D eigenvalue weighted by Gasteiger charge is 2.46. The van der Waals surface area contributed by atoms with Gasteiger partial charge in [0.15, 0.2) is 10.1 Å². The Balaban J connectivity index is 1.50. The second-order valence-electron chi connectivity index (χ2n) is 8.53. The lowest BCUT2D eigenvalue weighted by Crippen LogP contribution is -2.31. The van der Waals surface area contributed by atoms with E-state index in [1.165, 1.54) is 57.0 Å². The number of ketones is 1. The zero-order chi connectivity index (χ0) is 26.3. The summed E-state index contributed by atoms with van der Waals surface area (Å²) in [6.07, 6.45) is 0. The van der Waals surface area contributed by atoms with Crippen LogP contribution in [0.5, 0.6) is 5.75 Å². The van der Waals surface area contributed by atoms with Gasteiger partial charge in [-0.25, -0.2) is 4.98 Å². The van der Waals surface area contributed by atoms with Crippen molar-refractivity contribution < 1.29 is 19.8 Å². The van der Waals surface area contributed by atoms with Crippen LogP contribution in [-0.4, -0.2) is 37.1 Å². The van der Waals surface area contributed by atoms with Gasteiger partial charge in [-0.05, 0) is 44.0 Å². The molecule has 5 rings (SSSR count). The fourth-order valence-corrected chi connectivity index (χ4v) is 6.76. The Kier molecular flexibility index (Phi) is 6.84. The summed E-state index contributed by atoms with van der Waals surface area (Å²) < 4.78 is 0.654. The number of amides is 1. The van der Waals surface area contributed by atoms with E-state index in [1.807, 2.05) is 19.1 Å². The molecule has 0 spiro atoms. The lowest BCUT2D eigenvalue weighted by molar-refractivity contribution is -0.117. The number of phenols is 1. The lowest BCUT2D eigenvalue weighted by Gasteiger charge is -2.24. The van der Waals surface area contributed by atoms with Gasteiger partial charge in [-0.1, -0.05) is 65.1 Å². The summed E-state index contributed by atoms with van der Waals surface area (Å²) in [7, 11) is 0. The maximum atomic E-state index is 13.6. The average molecular weight is 551 g/mol. The molecular weight excluding hydrogens is 529 g/mol. The minimum Gasteiger partial charge on any atom is -0.508 e. The number of anilines is 1. The van der Waals surface area contributed by atoms with Crippen LogP contribution in [0.3, 0.4) is 0 Å². The average Bonchev–Trinajstić information content (AvgIpc) is 3.55. The van der Waals surface area contributed by atoms with Gasteiger partial charge in [0.25, 0.3) is 5.91 Å². The molecular formula is C26H22N4O4S3. The number of thiazole rings is 1. The summed E-state index contributed by atoms with van der Waals surface area (Å²) in [6, 6.07) is 13.4. The molecule has 1 unspecified atom stereocenters. The van der Waals surface area contributed by atoms with Crippen molar-refractivity contribution in [1.82, 2.24) is 15.2 Å². The summed E-state index contributed by atoms with van der Waals surface area (Å²) in [5.41, 5.74) is 3.34. The molecule has 0 bridgehead atoms. The maximum absolute atomic E-state index is 13.6. The van der Waals surface area contributed by atoms with Gasteiger partial charge < -0.3 is 10.2 Å². The van der Waals surface area contributed by atoms with E-state index in [1.54, 1.807) is 26.0 Å². The molecule has 0 radical (unpaired) electrons. The third kappa shape index (κ3) is 4.89. The number of aliphatic hydroxyl groups excluding tert-OH is 1. The highest BCUT2D eigenvalue weighted by atomic mass is 32.2. The van der Waals surface area contributed by atoms with Crippen molar-refractivity contribution in [2.75, 3.05) is 4.90 Å². The van der Waals surface area contributed by atoms with E-state index >= 15 is 0 Å². The third-order valence-electron chi connectivity index (χ3n) is 5.86. The number of aromatic nitrogens is 3. The van der Waals surface area contributed by atoms with Crippen LogP contribution < -0.4 is 4.90 Å². The molecule has 1 atom stereocenters. The first-order chi connectivity index (χ1) is 17.7. The topological polar surface area (TPSA) is 117 Å². The number of carbonyl (C=O) groups is 2. The summed E-state index contributed by atoms with van der Waals surface area (Å²) in [4.78, 5) is 33.0. The zero-order valence-electron chi connectivity index (χ0n) is 20.1. The first kappa shape index (κ1) is 25.1. The quantitative estimate of drug-likeness (QED) is 0.171. The Hall–Kier alpha value is -3.54. The van der Waals surface area contributed by atoms with Crippen LogP contribution in [0.4, 0.5) is 5.13 Å². The Morgan fingerprint density at radius 3 is 2.35 bits per heavy atom. The number of thioether (sulfide) groups is 1. The van der Waals surface area contributed by atoms with Gasteiger partial charge in [0.2, 0.25) is 10.9 Å². The fourth-order valence-electron chi connectivity index (χ4n) is 4.06. The van der Waals surface area contributed by atoms with E-state index < -0.39 is 23.5 Å². The molecule has 0 saturated heterocycles. The highest BCUT2D eigenvalue weighted by Crippen LogP contribution is 2.44. The predicted octanol–water partition coefficient (Wildman–Crippen LogP) is 5.70. The number of aromatic hydroxyl groups is 1. The molecule has 1 aliphatic heterocycles. The van der Waals surface area contributed by atoms with Crippen molar-refractivity contribution in [1.29, 1.82) is 0 Å². The third-order valence-corrected chi connectivity index (χ3v) is 9.05. The van der Waals surface area contributed by atoms with Gasteiger partial charge in [0.1, 0.15) is 5.75 Å². The van der Waals surface area contributed by atoms with Crippen molar-refractivity contribution in [2.24, 2.45) is 0 Å². The largest absolute Gasteiger partial charge is 0.508 e. The Labute approximate surface area is 225 Å². The van der Waals surface area contributed by atoms with E-state index in [4.69, 9.17) is 0 Å². The van der Waals surface area contributed by atoms with Gasteiger partial charge in [-0.3, -0.25) is 14.5 Å². The minimum atomic E-state index is -0.940. The summed E-state index contributed by atoms with van der Waals surface area (Å²) in [5, 5.41) is 30.2. The van der Waals surface area contributed by atoms with Crippen LogP contribution in [-0.2, 0) is 10.5 Å². The van der Waals surface area contributed by atoms with E-state index in [9.17, 15) is 19.8 Å². The predicted molar refractivity (Wildman–Crippen MR) is 145 cm³/mol. The summed E-state index contributed by atoms with van der Waals surface area (Å²) in [5.74, 6) is -1.10. The first-order valence-electron chi connectivity index (χ1n) is 11.3.